The Labute approximate surface area is 220 Å². The van der Waals surface area contributed by atoms with E-state index in [0.717, 1.165) is 19.6 Å². The molecule has 0 bridgehead atoms. The molecule has 0 saturated heterocycles. The number of nitrogens with zero attached hydrogens (tertiary/aromatic N) is 2. The lowest BCUT2D eigenvalue weighted by molar-refractivity contribution is 0.381. The molecule has 0 unspecified atom stereocenters. The van der Waals surface area contributed by atoms with Crippen LogP contribution in [-0.2, 0) is 10.4 Å². The van der Waals surface area contributed by atoms with Crippen LogP contribution in [0.4, 0.5) is 0 Å². The fraction of sp³-hybridized carbons (Fsp3) is 1.00. The molecule has 0 atom stereocenters. The average Bonchev–Trinajstić information content (AvgIpc) is 2.71. The molecule has 0 amide bonds. The first-order valence-electron chi connectivity index (χ1n) is 13.7. The summed E-state index contributed by atoms with van der Waals surface area (Å²) in [7, 11) is 7.33. The van der Waals surface area contributed by atoms with E-state index in [1.165, 1.54) is 103 Å². The van der Waals surface area contributed by atoms with Crippen molar-refractivity contribution in [2.45, 2.75) is 110 Å². The van der Waals surface area contributed by atoms with Crippen LogP contribution < -0.4 is 11.1 Å². The Balaban J connectivity index is -0.000000301. The van der Waals surface area contributed by atoms with Crippen LogP contribution in [-0.4, -0.2) is 89.2 Å². The van der Waals surface area contributed by atoms with E-state index in [1.54, 1.807) is 0 Å². The zero-order valence-corrected chi connectivity index (χ0v) is 25.3. The van der Waals surface area contributed by atoms with Crippen LogP contribution in [0.25, 0.3) is 0 Å². The lowest BCUT2D eigenvalue weighted by Gasteiger charge is -2.04. The van der Waals surface area contributed by atoms with E-state index in [1.807, 2.05) is 52.1 Å². The van der Waals surface area contributed by atoms with Crippen molar-refractivity contribution in [3.05, 3.63) is 0 Å². The summed E-state index contributed by atoms with van der Waals surface area (Å²) in [6.45, 7) is 5.17. The molecule has 0 aromatic carbocycles. The zero-order chi connectivity index (χ0) is 27.8. The maximum absolute atomic E-state index is 8.74. The summed E-state index contributed by atoms with van der Waals surface area (Å²) < 4.78 is 31.6. The fourth-order valence-corrected chi connectivity index (χ4v) is 3.03. The minimum atomic E-state index is -4.67. The Morgan fingerprint density at radius 2 is 0.800 bits per heavy atom. The van der Waals surface area contributed by atoms with Crippen molar-refractivity contribution >= 4 is 10.4 Å². The maximum Gasteiger partial charge on any atom is 0.394 e. The average molecular weight is 529 g/mol. The SMILES string of the molecule is CCCCCCCCCCCCCCCCCCNCCN.CN(C)C.CN(C)C.O=S(=O)(O)O. The fourth-order valence-electron chi connectivity index (χ4n) is 3.03. The van der Waals surface area contributed by atoms with Gasteiger partial charge in [0.2, 0.25) is 0 Å². The molecule has 0 rings (SSSR count). The third-order valence-electron chi connectivity index (χ3n) is 4.53. The van der Waals surface area contributed by atoms with Crippen LogP contribution in [0.2, 0.25) is 0 Å². The second-order valence-corrected chi connectivity index (χ2v) is 10.9. The Morgan fingerprint density at radius 1 is 0.571 bits per heavy atom. The molecular weight excluding hydrogens is 464 g/mol. The minimum absolute atomic E-state index is 0.763. The van der Waals surface area contributed by atoms with Crippen molar-refractivity contribution in [1.82, 2.24) is 15.1 Å². The Kier molecular flexibility index (Phi) is 42.9. The first-order valence-corrected chi connectivity index (χ1v) is 15.1. The van der Waals surface area contributed by atoms with Gasteiger partial charge in [-0.15, -0.1) is 0 Å². The van der Waals surface area contributed by atoms with Crippen molar-refractivity contribution in [2.75, 3.05) is 61.9 Å². The van der Waals surface area contributed by atoms with Crippen LogP contribution in [0, 0.1) is 0 Å². The molecule has 9 heteroatoms. The largest absolute Gasteiger partial charge is 0.394 e. The summed E-state index contributed by atoms with van der Waals surface area (Å²) in [6, 6.07) is 0. The van der Waals surface area contributed by atoms with Crippen LogP contribution in [0.1, 0.15) is 110 Å². The van der Waals surface area contributed by atoms with Crippen molar-refractivity contribution in [3.63, 3.8) is 0 Å². The van der Waals surface area contributed by atoms with Gasteiger partial charge in [0.1, 0.15) is 0 Å². The standard InChI is InChI=1S/C20H44N2.2C3H9N.H2O4S/c1-2-3-4-5-6-7-8-9-10-11-12-13-14-15-16-17-19-22-20-18-21;2*1-4(2)3;1-5(2,3)4/h22H,2-21H2,1H3;2*1-3H3;(H2,1,2,3,4). The van der Waals surface area contributed by atoms with Gasteiger partial charge in [0.25, 0.3) is 0 Å². The Bertz CT molecular complexity index is 411. The molecule has 0 aromatic rings. The summed E-state index contributed by atoms with van der Waals surface area (Å²) in [5.74, 6) is 0. The quantitative estimate of drug-likeness (QED) is 0.128. The number of nitrogens with two attached hydrogens (primary N) is 1. The number of nitrogens with one attached hydrogen (secondary N) is 1. The van der Waals surface area contributed by atoms with Crippen LogP contribution in [0.5, 0.6) is 0 Å². The summed E-state index contributed by atoms with van der Waals surface area (Å²) in [6.07, 6.45) is 23.0. The number of hydrogen-bond donors (Lipinski definition) is 4. The van der Waals surface area contributed by atoms with Gasteiger partial charge in [0, 0.05) is 13.1 Å². The van der Waals surface area contributed by atoms with Gasteiger partial charge >= 0.3 is 10.4 Å². The smallest absolute Gasteiger partial charge is 0.329 e. The maximum atomic E-state index is 8.74. The van der Waals surface area contributed by atoms with Gasteiger partial charge in [-0.2, -0.15) is 8.42 Å². The van der Waals surface area contributed by atoms with Gasteiger partial charge in [-0.1, -0.05) is 103 Å². The Hall–Kier alpha value is -0.290. The second kappa shape index (κ2) is 35.9. The normalized spacial score (nSPS) is 10.7. The predicted molar refractivity (Wildman–Crippen MR) is 155 cm³/mol. The molecule has 0 aliphatic rings. The molecule has 8 nitrogen and oxygen atoms in total. The predicted octanol–water partition coefficient (Wildman–Crippen LogP) is 5.50. The van der Waals surface area contributed by atoms with Crippen LogP contribution in [0.15, 0.2) is 0 Å². The van der Waals surface area contributed by atoms with E-state index < -0.39 is 10.4 Å². The molecule has 218 valence electrons. The second-order valence-electron chi connectivity index (χ2n) is 9.97. The highest BCUT2D eigenvalue weighted by Crippen LogP contribution is 2.13. The van der Waals surface area contributed by atoms with E-state index in [0.29, 0.717) is 0 Å². The van der Waals surface area contributed by atoms with E-state index in [-0.39, 0.29) is 0 Å². The molecule has 0 aliphatic heterocycles. The summed E-state index contributed by atoms with van der Waals surface area (Å²) in [4.78, 5) is 4.00. The van der Waals surface area contributed by atoms with Crippen LogP contribution in [0.3, 0.4) is 0 Å². The molecule has 5 N–H and O–H groups in total. The molecular formula is C26H64N4O4S. The highest BCUT2D eigenvalue weighted by atomic mass is 32.3. The lowest BCUT2D eigenvalue weighted by atomic mass is 10.0. The molecule has 35 heavy (non-hydrogen) atoms. The summed E-state index contributed by atoms with van der Waals surface area (Å²) in [5.41, 5.74) is 5.44. The first-order chi connectivity index (χ1) is 16.4. The molecule has 0 spiro atoms. The lowest BCUT2D eigenvalue weighted by Crippen LogP contribution is -2.23. The Morgan fingerprint density at radius 3 is 1.03 bits per heavy atom. The third-order valence-corrected chi connectivity index (χ3v) is 4.53. The summed E-state index contributed by atoms with van der Waals surface area (Å²) >= 11 is 0. The first kappa shape index (κ1) is 41.8. The molecule has 0 radical (unpaired) electrons. The topological polar surface area (TPSA) is 119 Å². The zero-order valence-electron chi connectivity index (χ0n) is 24.5. The molecule has 0 aliphatic carbocycles. The van der Waals surface area contributed by atoms with Gasteiger partial charge in [0.05, 0.1) is 0 Å². The number of unbranched alkanes of at least 4 members (excludes halogenated alkanes) is 15. The van der Waals surface area contributed by atoms with Crippen molar-refractivity contribution in [1.29, 1.82) is 0 Å². The van der Waals surface area contributed by atoms with E-state index in [2.05, 4.69) is 12.2 Å². The van der Waals surface area contributed by atoms with Crippen molar-refractivity contribution < 1.29 is 17.5 Å². The monoisotopic (exact) mass is 528 g/mol. The van der Waals surface area contributed by atoms with Gasteiger partial charge in [-0.25, -0.2) is 0 Å². The van der Waals surface area contributed by atoms with E-state index in [4.69, 9.17) is 23.3 Å². The van der Waals surface area contributed by atoms with Crippen LogP contribution >= 0.6 is 0 Å². The van der Waals surface area contributed by atoms with Gasteiger partial charge in [-0.3, -0.25) is 9.11 Å². The summed E-state index contributed by atoms with van der Waals surface area (Å²) in [5, 5.41) is 3.36. The number of hydrogen-bond acceptors (Lipinski definition) is 6. The van der Waals surface area contributed by atoms with E-state index >= 15 is 0 Å². The van der Waals surface area contributed by atoms with Gasteiger partial charge < -0.3 is 20.9 Å². The highest BCUT2D eigenvalue weighted by Gasteiger charge is 1.94. The molecule has 0 fully saturated rings. The number of rotatable bonds is 19. The third kappa shape index (κ3) is 96.8. The van der Waals surface area contributed by atoms with E-state index in [9.17, 15) is 0 Å². The molecule has 0 saturated carbocycles. The van der Waals surface area contributed by atoms with Gasteiger partial charge in [0.15, 0.2) is 0 Å². The molecule has 0 aromatic heterocycles. The highest BCUT2D eigenvalue weighted by molar-refractivity contribution is 7.79. The van der Waals surface area contributed by atoms with Crippen molar-refractivity contribution in [3.8, 4) is 0 Å². The van der Waals surface area contributed by atoms with Gasteiger partial charge in [-0.05, 0) is 55.3 Å². The minimum Gasteiger partial charge on any atom is -0.329 e. The van der Waals surface area contributed by atoms with Crippen molar-refractivity contribution in [2.24, 2.45) is 5.73 Å². The molecule has 0 heterocycles.